The van der Waals surface area contributed by atoms with E-state index in [-0.39, 0.29) is 57.2 Å². The third-order valence-corrected chi connectivity index (χ3v) is 0.889. The molecule has 0 saturated carbocycles. The molecular weight excluding hydrogens is 142 g/mol. The summed E-state index contributed by atoms with van der Waals surface area (Å²) in [6.07, 6.45) is 0. The first kappa shape index (κ1) is 9.66. The van der Waals surface area contributed by atoms with Crippen LogP contribution >= 0.6 is 0 Å². The molecule has 0 aromatic heterocycles. The molecule has 0 spiro atoms. The number of hydrogen-bond acceptors (Lipinski definition) is 0. The molecule has 0 aliphatic carbocycles. The van der Waals surface area contributed by atoms with Gasteiger partial charge in [-0.25, -0.2) is 4.39 Å². The summed E-state index contributed by atoms with van der Waals surface area (Å²) in [4.78, 5) is 0. The molecule has 0 aliphatic rings. The van der Waals surface area contributed by atoms with Gasteiger partial charge in [-0.2, -0.15) is 18.6 Å². The number of halogens is 1. The zero-order valence-corrected chi connectivity index (χ0v) is 8.52. The van der Waals surface area contributed by atoms with Crippen LogP contribution in [0.4, 0.5) is 4.39 Å². The molecule has 0 N–H and O–H groups in total. The van der Waals surface area contributed by atoms with Gasteiger partial charge in [0.05, 0.1) is 5.82 Å². The van der Waals surface area contributed by atoms with Crippen LogP contribution in [-0.2, 0) is 0 Å². The van der Waals surface area contributed by atoms with Gasteiger partial charge in [0.1, 0.15) is 0 Å². The van der Waals surface area contributed by atoms with Crippen LogP contribution in [0.2, 0.25) is 0 Å². The van der Waals surface area contributed by atoms with Gasteiger partial charge in [-0.1, -0.05) is 6.07 Å². The minimum absolute atomic E-state index is 0. The van der Waals surface area contributed by atoms with Crippen molar-refractivity contribution < 1.29 is 55.8 Å². The van der Waals surface area contributed by atoms with E-state index < -0.39 is 0 Å². The van der Waals surface area contributed by atoms with E-state index in [1.807, 2.05) is 0 Å². The smallest absolute Gasteiger partial charge is 0.222 e. The van der Waals surface area contributed by atoms with E-state index in [9.17, 15) is 4.39 Å². The van der Waals surface area contributed by atoms with Crippen LogP contribution in [0.3, 0.4) is 0 Å². The Labute approximate surface area is 96.9 Å². The summed E-state index contributed by atoms with van der Waals surface area (Å²) in [6, 6.07) is 6.18. The molecule has 0 atom stereocenters. The molecule has 0 amide bonds. The van der Waals surface area contributed by atoms with Gasteiger partial charge in [0.2, 0.25) is 0 Å². The second kappa shape index (κ2) is 4.47. The zero-order valence-electron chi connectivity index (χ0n) is 5.39. The van der Waals surface area contributed by atoms with Crippen LogP contribution in [-0.4, -0.2) is 0 Å². The molecule has 42 valence electrons. The van der Waals surface area contributed by atoms with Gasteiger partial charge < -0.3 is 0 Å². The molecule has 1 rings (SSSR count). The molecule has 1 aromatic rings. The summed E-state index contributed by atoms with van der Waals surface area (Å²) in [6.45, 7) is 3.54. The fraction of sp³-hybridized carbons (Fsp3) is 0. The zero-order chi connectivity index (χ0) is 5.98. The van der Waals surface area contributed by atoms with Crippen molar-refractivity contribution in [3.05, 3.63) is 42.6 Å². The third kappa shape index (κ3) is 3.38. The van der Waals surface area contributed by atoms with Crippen molar-refractivity contribution in [3.63, 3.8) is 0 Å². The summed E-state index contributed by atoms with van der Waals surface area (Å²) in [5.74, 6) is -0.225. The topological polar surface area (TPSA) is 0 Å². The maximum absolute atomic E-state index is 12.1. The number of benzene rings is 1. The Morgan fingerprint density at radius 2 is 2.00 bits per heavy atom. The van der Waals surface area contributed by atoms with Crippen molar-refractivity contribution in [2.24, 2.45) is 0 Å². The molecule has 2 heteroatoms. The van der Waals surface area contributed by atoms with E-state index in [1.165, 1.54) is 12.1 Å². The van der Waals surface area contributed by atoms with Crippen molar-refractivity contribution in [3.8, 4) is 0 Å². The minimum Gasteiger partial charge on any atom is -0.222 e. The van der Waals surface area contributed by atoms with E-state index in [1.54, 1.807) is 12.1 Å². The average Bonchev–Trinajstić information content (AvgIpc) is 1.64. The van der Waals surface area contributed by atoms with Crippen molar-refractivity contribution in [2.45, 2.75) is 0 Å². The van der Waals surface area contributed by atoms with Crippen LogP contribution in [0.15, 0.2) is 24.3 Å². The third-order valence-electron chi connectivity index (χ3n) is 0.889. The Balaban J connectivity index is 0.000000640. The summed E-state index contributed by atoms with van der Waals surface area (Å²) < 4.78 is 12.1. The normalized spacial score (nSPS) is 8.11. The molecule has 0 saturated heterocycles. The Bertz CT molecular complexity index is 169. The van der Waals surface area contributed by atoms with Crippen molar-refractivity contribution in [1.82, 2.24) is 0 Å². The fourth-order valence-electron chi connectivity index (χ4n) is 0.537. The molecule has 0 nitrogen and oxygen atoms in total. The van der Waals surface area contributed by atoms with Gasteiger partial charge in [0.25, 0.3) is 0 Å². The van der Waals surface area contributed by atoms with Gasteiger partial charge in [0.15, 0.2) is 0 Å². The van der Waals surface area contributed by atoms with Crippen LogP contribution in [0, 0.1) is 12.7 Å². The van der Waals surface area contributed by atoms with E-state index in [0.29, 0.717) is 5.56 Å². The van der Waals surface area contributed by atoms with E-state index in [0.717, 1.165) is 0 Å². The maximum Gasteiger partial charge on any atom is 1.00 e. The van der Waals surface area contributed by atoms with Crippen LogP contribution in [0.25, 0.3) is 0 Å². The predicted molar refractivity (Wildman–Crippen MR) is 30.9 cm³/mol. The van der Waals surface area contributed by atoms with Gasteiger partial charge in [-0.3, -0.25) is 0 Å². The molecule has 9 heavy (non-hydrogen) atoms. The summed E-state index contributed by atoms with van der Waals surface area (Å²) >= 11 is 0. The Morgan fingerprint density at radius 1 is 1.33 bits per heavy atom. The average molecular weight is 148 g/mol. The second-order valence-electron chi connectivity index (χ2n) is 1.63. The van der Waals surface area contributed by atoms with Gasteiger partial charge in [-0.15, -0.1) is 12.1 Å². The second-order valence-corrected chi connectivity index (χ2v) is 1.63. The monoisotopic (exact) mass is 148 g/mol. The molecule has 0 radical (unpaired) electrons. The van der Waals surface area contributed by atoms with E-state index in [2.05, 4.69) is 6.92 Å². The first-order chi connectivity index (χ1) is 3.79. The van der Waals surface area contributed by atoms with Gasteiger partial charge in [-0.05, 0) is 0 Å². The van der Waals surface area contributed by atoms with Gasteiger partial charge >= 0.3 is 51.4 Å². The number of hydrogen-bond donors (Lipinski definition) is 0. The summed E-state index contributed by atoms with van der Waals surface area (Å²) in [5.41, 5.74) is 0.713. The summed E-state index contributed by atoms with van der Waals surface area (Å²) in [7, 11) is 0. The van der Waals surface area contributed by atoms with Crippen LogP contribution < -0.4 is 51.4 Å². The Hall–Kier alpha value is 0.656. The first-order valence-corrected chi connectivity index (χ1v) is 2.36. The first-order valence-electron chi connectivity index (χ1n) is 2.36. The molecule has 0 heterocycles. The van der Waals surface area contributed by atoms with E-state index in [4.69, 9.17) is 0 Å². The summed E-state index contributed by atoms with van der Waals surface area (Å²) in [5, 5.41) is 0. The molecule has 0 bridgehead atoms. The van der Waals surface area contributed by atoms with Gasteiger partial charge in [0, 0.05) is 0 Å². The molecule has 0 aliphatic heterocycles. The Kier molecular flexibility index (Phi) is 4.79. The standard InChI is InChI=1S/C7H6F.K/c1-6-3-2-4-7(8)5-6;/h2-5H,1H2;/q-1;+1. The maximum atomic E-state index is 12.1. The van der Waals surface area contributed by atoms with Crippen molar-refractivity contribution >= 4 is 0 Å². The number of rotatable bonds is 0. The molecule has 1 aromatic carbocycles. The minimum atomic E-state index is -0.225. The molecule has 0 unspecified atom stereocenters. The fourth-order valence-corrected chi connectivity index (χ4v) is 0.537. The van der Waals surface area contributed by atoms with E-state index >= 15 is 0 Å². The SMILES string of the molecule is [CH2-]c1cccc(F)c1.[K+]. The Morgan fingerprint density at radius 3 is 2.33 bits per heavy atom. The molecular formula is C7H6FK. The van der Waals surface area contributed by atoms with Crippen molar-refractivity contribution in [1.29, 1.82) is 0 Å². The van der Waals surface area contributed by atoms with Crippen molar-refractivity contribution in [2.75, 3.05) is 0 Å². The van der Waals surface area contributed by atoms with Crippen LogP contribution in [0.5, 0.6) is 0 Å². The largest absolute Gasteiger partial charge is 1.00 e. The molecule has 0 fully saturated rings. The quantitative estimate of drug-likeness (QED) is 0.327. The predicted octanol–water partition coefficient (Wildman–Crippen LogP) is -0.988. The van der Waals surface area contributed by atoms with Crippen LogP contribution in [0.1, 0.15) is 5.56 Å².